The Balaban J connectivity index is 1.64. The molecule has 5 N–H and O–H groups in total. The number of aliphatic hydroxyl groups excluding tert-OH is 4. The summed E-state index contributed by atoms with van der Waals surface area (Å²) in [7, 11) is 1.36. The topological polar surface area (TPSA) is 155 Å². The molecule has 1 aliphatic rings. The van der Waals surface area contributed by atoms with Crippen molar-refractivity contribution in [1.82, 2.24) is 0 Å². The Morgan fingerprint density at radius 3 is 2.30 bits per heavy atom. The van der Waals surface area contributed by atoms with Gasteiger partial charge in [0.05, 0.1) is 19.3 Å². The monoisotopic (exact) mass is 422 g/mol. The molecule has 0 radical (unpaired) electrons. The molecule has 0 unspecified atom stereocenters. The summed E-state index contributed by atoms with van der Waals surface area (Å²) in [5.41, 5.74) is 0.172. The zero-order valence-electron chi connectivity index (χ0n) is 15.9. The normalized spacial score (nSPS) is 26.1. The summed E-state index contributed by atoms with van der Waals surface area (Å²) in [5, 5.41) is 48.4. The highest BCUT2D eigenvalue weighted by atomic mass is 16.7. The van der Waals surface area contributed by atoms with Crippen molar-refractivity contribution in [2.45, 2.75) is 30.7 Å². The molecule has 3 rings (SSSR count). The molecule has 10 nitrogen and oxygen atoms in total. The molecule has 1 fully saturated rings. The fourth-order valence-electron chi connectivity index (χ4n) is 2.86. The van der Waals surface area contributed by atoms with E-state index in [-0.39, 0.29) is 28.6 Å². The third kappa shape index (κ3) is 4.64. The number of carbonyl (C=O) groups excluding carboxylic acids is 1. The van der Waals surface area contributed by atoms with E-state index in [1.54, 1.807) is 0 Å². The lowest BCUT2D eigenvalue weighted by Crippen LogP contribution is -2.60. The van der Waals surface area contributed by atoms with Crippen LogP contribution < -0.4 is 14.2 Å². The van der Waals surface area contributed by atoms with Gasteiger partial charge < -0.3 is 44.5 Å². The number of benzene rings is 2. The van der Waals surface area contributed by atoms with E-state index in [0.717, 1.165) is 0 Å². The average molecular weight is 422 g/mol. The van der Waals surface area contributed by atoms with Crippen molar-refractivity contribution >= 4 is 5.97 Å². The maximum absolute atomic E-state index is 12.3. The van der Waals surface area contributed by atoms with Crippen LogP contribution in [0.4, 0.5) is 0 Å². The molecular weight excluding hydrogens is 400 g/mol. The maximum Gasteiger partial charge on any atom is 0.343 e. The second-order valence-corrected chi connectivity index (χ2v) is 6.56. The van der Waals surface area contributed by atoms with Gasteiger partial charge in [-0.05, 0) is 42.5 Å². The number of hydrogen-bond donors (Lipinski definition) is 5. The fourth-order valence-corrected chi connectivity index (χ4v) is 2.86. The first-order chi connectivity index (χ1) is 14.3. The number of rotatable bonds is 6. The predicted octanol–water partition coefficient (Wildman–Crippen LogP) is -0.201. The van der Waals surface area contributed by atoms with Crippen molar-refractivity contribution in [2.24, 2.45) is 0 Å². The van der Waals surface area contributed by atoms with Crippen LogP contribution in [0, 0.1) is 0 Å². The minimum Gasteiger partial charge on any atom is -0.504 e. The number of ether oxygens (including phenoxy) is 4. The summed E-state index contributed by atoms with van der Waals surface area (Å²) in [6.07, 6.45) is -6.98. The summed E-state index contributed by atoms with van der Waals surface area (Å²) in [6.45, 7) is -0.568. The van der Waals surface area contributed by atoms with Crippen LogP contribution in [0.1, 0.15) is 10.4 Å². The number of esters is 1. The molecule has 10 heteroatoms. The van der Waals surface area contributed by atoms with Crippen LogP contribution in [-0.4, -0.2) is 75.9 Å². The van der Waals surface area contributed by atoms with Gasteiger partial charge >= 0.3 is 5.97 Å². The lowest BCUT2D eigenvalue weighted by atomic mass is 9.99. The van der Waals surface area contributed by atoms with Crippen LogP contribution in [0.5, 0.6) is 23.0 Å². The molecule has 0 aliphatic carbocycles. The van der Waals surface area contributed by atoms with Gasteiger partial charge in [0.15, 0.2) is 11.5 Å². The quantitative estimate of drug-likeness (QED) is 0.312. The molecule has 1 heterocycles. The SMILES string of the molecule is COc1cc(C(=O)Oc2ccc(O[C@@H]3O[C@H](CO)[C@@H](O)[C@H](O)[C@H]3O)cc2)ccc1O. The smallest absolute Gasteiger partial charge is 0.343 e. The van der Waals surface area contributed by atoms with Crippen LogP contribution in [0.25, 0.3) is 0 Å². The standard InChI is InChI=1S/C20H22O10/c1-27-14-8-10(2-7-13(14)22)19(26)28-11-3-5-12(6-4-11)29-20-18(25)17(24)16(23)15(9-21)30-20/h2-8,15-18,20-25H,9H2,1H3/t15-,16-,17+,18-,20-/m1/s1. The Morgan fingerprint density at radius 2 is 1.67 bits per heavy atom. The molecule has 2 aromatic carbocycles. The first kappa shape index (κ1) is 21.8. The van der Waals surface area contributed by atoms with E-state index in [2.05, 4.69) is 0 Å². The molecule has 5 atom stereocenters. The van der Waals surface area contributed by atoms with Gasteiger partial charge in [-0.25, -0.2) is 4.79 Å². The minimum absolute atomic E-state index is 0.108. The van der Waals surface area contributed by atoms with Crippen molar-refractivity contribution in [3.05, 3.63) is 48.0 Å². The fraction of sp³-hybridized carbons (Fsp3) is 0.350. The highest BCUT2D eigenvalue weighted by Gasteiger charge is 2.44. The molecule has 0 aromatic heterocycles. The molecule has 1 aliphatic heterocycles. The van der Waals surface area contributed by atoms with E-state index in [9.17, 15) is 30.3 Å². The molecule has 1 saturated heterocycles. The van der Waals surface area contributed by atoms with Gasteiger partial charge in [0.2, 0.25) is 6.29 Å². The molecule has 0 amide bonds. The van der Waals surface area contributed by atoms with Crippen molar-refractivity contribution < 1.29 is 49.3 Å². The highest BCUT2D eigenvalue weighted by Crippen LogP contribution is 2.28. The van der Waals surface area contributed by atoms with E-state index in [1.807, 2.05) is 0 Å². The molecule has 0 bridgehead atoms. The van der Waals surface area contributed by atoms with Gasteiger partial charge in [-0.3, -0.25) is 0 Å². The third-order valence-electron chi connectivity index (χ3n) is 4.55. The Morgan fingerprint density at radius 1 is 1.00 bits per heavy atom. The Kier molecular flexibility index (Phi) is 6.75. The second-order valence-electron chi connectivity index (χ2n) is 6.56. The van der Waals surface area contributed by atoms with Crippen LogP contribution in [0.2, 0.25) is 0 Å². The molecule has 30 heavy (non-hydrogen) atoms. The van der Waals surface area contributed by atoms with Crippen LogP contribution in [-0.2, 0) is 4.74 Å². The average Bonchev–Trinajstić information content (AvgIpc) is 2.75. The van der Waals surface area contributed by atoms with Crippen molar-refractivity contribution in [3.63, 3.8) is 0 Å². The van der Waals surface area contributed by atoms with Gasteiger partial charge in [-0.15, -0.1) is 0 Å². The summed E-state index contributed by atoms with van der Waals surface area (Å²) >= 11 is 0. The van der Waals surface area contributed by atoms with E-state index in [1.165, 1.54) is 49.6 Å². The first-order valence-corrected chi connectivity index (χ1v) is 9.00. The number of carbonyl (C=O) groups is 1. The van der Waals surface area contributed by atoms with Crippen molar-refractivity contribution in [1.29, 1.82) is 0 Å². The summed E-state index contributed by atoms with van der Waals surface area (Å²) in [6, 6.07) is 9.81. The Hall–Kier alpha value is -2.89. The van der Waals surface area contributed by atoms with Crippen molar-refractivity contribution in [3.8, 4) is 23.0 Å². The van der Waals surface area contributed by atoms with Crippen LogP contribution >= 0.6 is 0 Å². The summed E-state index contributed by atoms with van der Waals surface area (Å²) < 4.78 is 20.9. The van der Waals surface area contributed by atoms with Crippen LogP contribution in [0.3, 0.4) is 0 Å². The number of methoxy groups -OCH3 is 1. The van der Waals surface area contributed by atoms with Gasteiger partial charge in [-0.2, -0.15) is 0 Å². The number of aromatic hydroxyl groups is 1. The zero-order chi connectivity index (χ0) is 21.8. The predicted molar refractivity (Wildman–Crippen MR) is 100 cm³/mol. The van der Waals surface area contributed by atoms with E-state index in [4.69, 9.17) is 18.9 Å². The molecule has 2 aromatic rings. The summed E-state index contributed by atoms with van der Waals surface area (Å²) in [5.74, 6) is -0.217. The molecule has 0 saturated carbocycles. The third-order valence-corrected chi connectivity index (χ3v) is 4.55. The zero-order valence-corrected chi connectivity index (χ0v) is 15.9. The Bertz CT molecular complexity index is 866. The lowest BCUT2D eigenvalue weighted by Gasteiger charge is -2.39. The van der Waals surface area contributed by atoms with E-state index in [0.29, 0.717) is 0 Å². The van der Waals surface area contributed by atoms with E-state index < -0.39 is 43.3 Å². The maximum atomic E-state index is 12.3. The highest BCUT2D eigenvalue weighted by molar-refractivity contribution is 5.91. The second kappa shape index (κ2) is 9.28. The number of phenols is 1. The molecule has 0 spiro atoms. The van der Waals surface area contributed by atoms with E-state index >= 15 is 0 Å². The number of aliphatic hydroxyl groups is 4. The summed E-state index contributed by atoms with van der Waals surface area (Å²) in [4.78, 5) is 12.3. The Labute approximate surface area is 171 Å². The van der Waals surface area contributed by atoms with Gasteiger partial charge in [0, 0.05) is 0 Å². The van der Waals surface area contributed by atoms with Crippen molar-refractivity contribution in [2.75, 3.05) is 13.7 Å². The first-order valence-electron chi connectivity index (χ1n) is 9.00. The lowest BCUT2D eigenvalue weighted by molar-refractivity contribution is -0.277. The number of hydrogen-bond acceptors (Lipinski definition) is 10. The minimum atomic E-state index is -1.55. The molecule has 162 valence electrons. The van der Waals surface area contributed by atoms with Gasteiger partial charge in [0.1, 0.15) is 35.9 Å². The molecular formula is C20H22O10. The van der Waals surface area contributed by atoms with Gasteiger partial charge in [-0.1, -0.05) is 0 Å². The largest absolute Gasteiger partial charge is 0.504 e. The van der Waals surface area contributed by atoms with Gasteiger partial charge in [0.25, 0.3) is 0 Å². The number of phenolic OH excluding ortho intramolecular Hbond substituents is 1. The van der Waals surface area contributed by atoms with Crippen LogP contribution in [0.15, 0.2) is 42.5 Å².